The molecule has 0 unspecified atom stereocenters. The number of hydrogen-bond acceptors (Lipinski definition) is 3. The highest BCUT2D eigenvalue weighted by molar-refractivity contribution is 6.30. The van der Waals surface area contributed by atoms with Gasteiger partial charge in [0.05, 0.1) is 23.5 Å². The number of piperidine rings is 1. The Kier molecular flexibility index (Phi) is 7.16. The van der Waals surface area contributed by atoms with Gasteiger partial charge in [0, 0.05) is 24.7 Å². The number of amides is 1. The molecule has 1 aliphatic rings. The molecule has 0 aliphatic carbocycles. The summed E-state index contributed by atoms with van der Waals surface area (Å²) >= 11 is 6.09. The first-order valence-electron chi connectivity index (χ1n) is 12.3. The van der Waals surface area contributed by atoms with Gasteiger partial charge >= 0.3 is 0 Å². The molecule has 3 aromatic carbocycles. The fraction of sp³-hybridized carbons (Fsp3) is 0.310. The molecule has 0 saturated carbocycles. The molecule has 1 N–H and O–H groups in total. The number of carbonyl (C=O) groups is 1. The number of nitrogens with one attached hydrogen (secondary N) is 1. The molecule has 1 aromatic heterocycles. The molecule has 0 bridgehead atoms. The van der Waals surface area contributed by atoms with Crippen LogP contribution in [0.25, 0.3) is 11.0 Å². The molecule has 0 radical (unpaired) electrons. The lowest BCUT2D eigenvalue weighted by molar-refractivity contribution is -0.127. The summed E-state index contributed by atoms with van der Waals surface area (Å²) in [5, 5.41) is 3.91. The zero-order chi connectivity index (χ0) is 24.2. The van der Waals surface area contributed by atoms with Crippen LogP contribution in [0.4, 0.5) is 0 Å². The van der Waals surface area contributed by atoms with Gasteiger partial charge in [0.2, 0.25) is 5.91 Å². The SMILES string of the molecule is Cc1ccccc1CNC(=O)[C@H]1CCCN(Cc2nc3ccccc3n2Cc2ccc(Cl)cc2)C1. The fourth-order valence-corrected chi connectivity index (χ4v) is 5.07. The third-order valence-corrected chi connectivity index (χ3v) is 7.20. The van der Waals surface area contributed by atoms with Crippen LogP contribution in [0.3, 0.4) is 0 Å². The molecular formula is C29H31ClN4O. The topological polar surface area (TPSA) is 50.2 Å². The Bertz CT molecular complexity index is 1310. The Hall–Kier alpha value is -3.15. The summed E-state index contributed by atoms with van der Waals surface area (Å²) < 4.78 is 2.29. The highest BCUT2D eigenvalue weighted by Gasteiger charge is 2.27. The van der Waals surface area contributed by atoms with Gasteiger partial charge in [0.1, 0.15) is 5.82 Å². The first kappa shape index (κ1) is 23.6. The van der Waals surface area contributed by atoms with Gasteiger partial charge in [-0.25, -0.2) is 4.98 Å². The van der Waals surface area contributed by atoms with Crippen LogP contribution in [0.1, 0.15) is 35.4 Å². The van der Waals surface area contributed by atoms with Crippen molar-refractivity contribution in [3.63, 3.8) is 0 Å². The Morgan fingerprint density at radius 2 is 1.80 bits per heavy atom. The van der Waals surface area contributed by atoms with Gasteiger partial charge in [0.15, 0.2) is 0 Å². The minimum atomic E-state index is 0.00172. The van der Waals surface area contributed by atoms with Gasteiger partial charge in [-0.3, -0.25) is 9.69 Å². The van der Waals surface area contributed by atoms with Gasteiger partial charge in [-0.15, -0.1) is 0 Å². The van der Waals surface area contributed by atoms with Crippen LogP contribution in [0.15, 0.2) is 72.8 Å². The van der Waals surface area contributed by atoms with Gasteiger partial charge in [-0.05, 0) is 67.3 Å². The molecule has 4 aromatic rings. The molecule has 6 heteroatoms. The van der Waals surface area contributed by atoms with Crippen LogP contribution in [-0.4, -0.2) is 33.4 Å². The third-order valence-electron chi connectivity index (χ3n) is 6.94. The highest BCUT2D eigenvalue weighted by atomic mass is 35.5. The number of carbonyl (C=O) groups excluding carboxylic acids is 1. The van der Waals surface area contributed by atoms with E-state index < -0.39 is 0 Å². The van der Waals surface area contributed by atoms with E-state index in [0.29, 0.717) is 6.54 Å². The Morgan fingerprint density at radius 3 is 2.63 bits per heavy atom. The molecule has 0 spiro atoms. The number of imidazole rings is 1. The van der Waals surface area contributed by atoms with E-state index in [2.05, 4.69) is 64.2 Å². The zero-order valence-corrected chi connectivity index (χ0v) is 20.8. The van der Waals surface area contributed by atoms with Crippen molar-refractivity contribution in [2.45, 2.75) is 39.4 Å². The molecule has 5 nitrogen and oxygen atoms in total. The Labute approximate surface area is 211 Å². The standard InChI is InChI=1S/C29H31ClN4O/c1-21-7-2-3-8-23(21)17-31-29(35)24-9-6-16-33(19-24)20-28-32-26-10-4-5-11-27(26)34(28)18-22-12-14-25(30)15-13-22/h2-5,7-8,10-15,24H,6,9,16-20H2,1H3,(H,31,35)/t24-/m0/s1. The molecule has 1 amide bonds. The molecule has 2 heterocycles. The first-order valence-corrected chi connectivity index (χ1v) is 12.7. The maximum atomic E-state index is 13.0. The van der Waals surface area contributed by atoms with Crippen LogP contribution in [0.5, 0.6) is 0 Å². The van der Waals surface area contributed by atoms with E-state index >= 15 is 0 Å². The van der Waals surface area contributed by atoms with Crippen molar-refractivity contribution in [2.24, 2.45) is 5.92 Å². The van der Waals surface area contributed by atoms with Crippen LogP contribution in [-0.2, 0) is 24.4 Å². The van der Waals surface area contributed by atoms with Gasteiger partial charge < -0.3 is 9.88 Å². The largest absolute Gasteiger partial charge is 0.352 e. The summed E-state index contributed by atoms with van der Waals surface area (Å²) in [7, 11) is 0. The van der Waals surface area contributed by atoms with Crippen LogP contribution in [0, 0.1) is 12.8 Å². The number of rotatable bonds is 7. The second-order valence-electron chi connectivity index (χ2n) is 9.45. The average molecular weight is 487 g/mol. The fourth-order valence-electron chi connectivity index (χ4n) is 4.94. The van der Waals surface area contributed by atoms with E-state index in [9.17, 15) is 4.79 Å². The quantitative estimate of drug-likeness (QED) is 0.371. The van der Waals surface area contributed by atoms with Gasteiger partial charge in [-0.2, -0.15) is 0 Å². The molecule has 1 fully saturated rings. The second kappa shape index (κ2) is 10.6. The number of nitrogens with zero attached hydrogens (tertiary/aromatic N) is 3. The van der Waals surface area contributed by atoms with E-state index in [0.717, 1.165) is 60.9 Å². The molecule has 1 atom stereocenters. The minimum Gasteiger partial charge on any atom is -0.352 e. The predicted molar refractivity (Wildman–Crippen MR) is 141 cm³/mol. The van der Waals surface area contributed by atoms with Crippen molar-refractivity contribution in [2.75, 3.05) is 13.1 Å². The van der Waals surface area contributed by atoms with Crippen LogP contribution < -0.4 is 5.32 Å². The van der Waals surface area contributed by atoms with E-state index in [1.165, 1.54) is 16.7 Å². The zero-order valence-electron chi connectivity index (χ0n) is 20.1. The normalized spacial score (nSPS) is 16.5. The average Bonchev–Trinajstić information content (AvgIpc) is 3.21. The predicted octanol–water partition coefficient (Wildman–Crippen LogP) is 5.57. The van der Waals surface area contributed by atoms with Crippen molar-refractivity contribution in [3.8, 4) is 0 Å². The van der Waals surface area contributed by atoms with E-state index in [4.69, 9.17) is 16.6 Å². The molecule has 1 aliphatic heterocycles. The van der Waals surface area contributed by atoms with Crippen molar-refractivity contribution >= 4 is 28.5 Å². The number of halogens is 1. The minimum absolute atomic E-state index is 0.00172. The van der Waals surface area contributed by atoms with Crippen LogP contribution >= 0.6 is 11.6 Å². The van der Waals surface area contributed by atoms with Crippen molar-refractivity contribution in [1.29, 1.82) is 0 Å². The van der Waals surface area contributed by atoms with E-state index in [1.807, 2.05) is 30.3 Å². The monoisotopic (exact) mass is 486 g/mol. The summed E-state index contributed by atoms with van der Waals surface area (Å²) in [6.45, 7) is 5.86. The van der Waals surface area contributed by atoms with Crippen molar-refractivity contribution in [3.05, 3.63) is 100 Å². The Morgan fingerprint density at radius 1 is 1.03 bits per heavy atom. The Balaban J connectivity index is 1.29. The van der Waals surface area contributed by atoms with Crippen LogP contribution in [0.2, 0.25) is 5.02 Å². The highest BCUT2D eigenvalue weighted by Crippen LogP contribution is 2.23. The lowest BCUT2D eigenvalue weighted by Gasteiger charge is -2.32. The number of hydrogen-bond donors (Lipinski definition) is 1. The molecule has 5 rings (SSSR count). The number of benzene rings is 3. The van der Waals surface area contributed by atoms with Gasteiger partial charge in [-0.1, -0.05) is 60.1 Å². The molecule has 180 valence electrons. The lowest BCUT2D eigenvalue weighted by atomic mass is 9.97. The van der Waals surface area contributed by atoms with Crippen molar-refractivity contribution < 1.29 is 4.79 Å². The smallest absolute Gasteiger partial charge is 0.224 e. The number of aromatic nitrogens is 2. The second-order valence-corrected chi connectivity index (χ2v) is 9.88. The summed E-state index contributed by atoms with van der Waals surface area (Å²) in [6, 6.07) is 24.5. The maximum Gasteiger partial charge on any atom is 0.224 e. The molecule has 35 heavy (non-hydrogen) atoms. The lowest BCUT2D eigenvalue weighted by Crippen LogP contribution is -2.42. The number of fused-ring (bicyclic) bond motifs is 1. The number of aryl methyl sites for hydroxylation is 1. The van der Waals surface area contributed by atoms with Gasteiger partial charge in [0.25, 0.3) is 0 Å². The van der Waals surface area contributed by atoms with Crippen molar-refractivity contribution in [1.82, 2.24) is 19.8 Å². The third kappa shape index (κ3) is 5.58. The summed E-state index contributed by atoms with van der Waals surface area (Å²) in [4.78, 5) is 20.3. The molecular weight excluding hydrogens is 456 g/mol. The number of para-hydroxylation sites is 2. The van der Waals surface area contributed by atoms with E-state index in [1.54, 1.807) is 0 Å². The maximum absolute atomic E-state index is 13.0. The summed E-state index contributed by atoms with van der Waals surface area (Å²) in [5.74, 6) is 1.18. The summed E-state index contributed by atoms with van der Waals surface area (Å²) in [6.07, 6.45) is 1.94. The summed E-state index contributed by atoms with van der Waals surface area (Å²) in [5.41, 5.74) is 5.69. The van der Waals surface area contributed by atoms with E-state index in [-0.39, 0.29) is 11.8 Å². The number of likely N-dealkylation sites (tertiary alicyclic amines) is 1. The molecule has 1 saturated heterocycles. The first-order chi connectivity index (χ1) is 17.1.